The van der Waals surface area contributed by atoms with Crippen molar-refractivity contribution in [3.05, 3.63) is 47.5 Å². The Labute approximate surface area is 189 Å². The lowest BCUT2D eigenvalue weighted by Gasteiger charge is -2.30. The van der Waals surface area contributed by atoms with Gasteiger partial charge >= 0.3 is 0 Å². The number of ether oxygens (including phenoxy) is 2. The molecule has 2 aliphatic rings. The number of amidine groups is 1. The van der Waals surface area contributed by atoms with Crippen LogP contribution in [-0.4, -0.2) is 40.5 Å². The molecule has 10 heteroatoms. The average molecular weight is 468 g/mol. The second-order valence-corrected chi connectivity index (χ2v) is 7.99. The lowest BCUT2D eigenvalue weighted by Crippen LogP contribution is -2.45. The number of nitrogens with one attached hydrogen (secondary N) is 1. The minimum atomic E-state index is -0.586. The molecule has 1 atom stereocenters. The van der Waals surface area contributed by atoms with Crippen molar-refractivity contribution in [2.24, 2.45) is 4.99 Å². The number of hydrogen-bond donors (Lipinski definition) is 1. The number of carbonyl (C=O) groups is 2. The van der Waals surface area contributed by atoms with Gasteiger partial charge in [-0.3, -0.25) is 14.5 Å². The third-order valence-electron chi connectivity index (χ3n) is 4.42. The molecule has 2 heterocycles. The zero-order valence-electron chi connectivity index (χ0n) is 16.0. The number of hydrogen-bond acceptors (Lipinski definition) is 6. The third kappa shape index (κ3) is 4.83. The Morgan fingerprint density at radius 1 is 1.27 bits per heavy atom. The normalized spacial score (nSPS) is 18.9. The van der Waals surface area contributed by atoms with Gasteiger partial charge in [0.2, 0.25) is 18.6 Å². The summed E-state index contributed by atoms with van der Waals surface area (Å²) in [5.41, 5.74) is 1.21. The minimum absolute atomic E-state index is 0. The first-order chi connectivity index (χ1) is 14.0. The van der Waals surface area contributed by atoms with Crippen molar-refractivity contribution in [1.82, 2.24) is 4.90 Å². The Kier molecular flexibility index (Phi) is 7.12. The van der Waals surface area contributed by atoms with Gasteiger partial charge in [0.15, 0.2) is 16.7 Å². The molecule has 1 unspecified atom stereocenters. The summed E-state index contributed by atoms with van der Waals surface area (Å²) >= 11 is 7.24. The average Bonchev–Trinajstić information content (AvgIpc) is 3.15. The van der Waals surface area contributed by atoms with E-state index in [2.05, 4.69) is 10.3 Å². The largest absolute Gasteiger partial charge is 0.454 e. The van der Waals surface area contributed by atoms with Gasteiger partial charge in [-0.05, 0) is 37.3 Å². The molecule has 158 valence electrons. The van der Waals surface area contributed by atoms with E-state index in [9.17, 15) is 9.59 Å². The van der Waals surface area contributed by atoms with Gasteiger partial charge in [-0.25, -0.2) is 4.99 Å². The van der Waals surface area contributed by atoms with Crippen molar-refractivity contribution in [1.29, 1.82) is 0 Å². The number of carbonyl (C=O) groups excluding carboxylic acids is 2. The summed E-state index contributed by atoms with van der Waals surface area (Å²) in [5.74, 6) is 0.862. The highest BCUT2D eigenvalue weighted by molar-refractivity contribution is 8.15. The highest BCUT2D eigenvalue weighted by Crippen LogP contribution is 2.36. The molecule has 4 rings (SSSR count). The molecule has 2 aromatic rings. The monoisotopic (exact) mass is 467 g/mol. The summed E-state index contributed by atoms with van der Waals surface area (Å²) in [4.78, 5) is 31.5. The quantitative estimate of drug-likeness (QED) is 0.717. The van der Waals surface area contributed by atoms with Gasteiger partial charge < -0.3 is 14.8 Å². The van der Waals surface area contributed by atoms with E-state index in [1.165, 1.54) is 11.8 Å². The van der Waals surface area contributed by atoms with Crippen LogP contribution in [0.2, 0.25) is 5.02 Å². The molecular weight excluding hydrogens is 449 g/mol. The molecule has 30 heavy (non-hydrogen) atoms. The maximum atomic E-state index is 12.7. The highest BCUT2D eigenvalue weighted by Gasteiger charge is 2.35. The molecule has 0 aromatic heterocycles. The number of aliphatic imine (C=N–C) groups is 1. The minimum Gasteiger partial charge on any atom is -0.454 e. The standard InChI is InChI=1S/C20H18ClN3O4S.ClH/c1-2-24-18(25)10-17(19(26)22-13-5-3-4-12(21)8-13)29-20(24)23-14-6-7-15-16(9-14)28-11-27-15;/h3-9,17H,2,10-11H2,1H3,(H,22,26);1H. The summed E-state index contributed by atoms with van der Waals surface area (Å²) in [5, 5.41) is 3.24. The number of anilines is 1. The van der Waals surface area contributed by atoms with Crippen molar-refractivity contribution in [3.8, 4) is 11.5 Å². The second-order valence-electron chi connectivity index (χ2n) is 6.38. The van der Waals surface area contributed by atoms with Crippen molar-refractivity contribution in [2.45, 2.75) is 18.6 Å². The topological polar surface area (TPSA) is 80.2 Å². The molecule has 1 N–H and O–H groups in total. The van der Waals surface area contributed by atoms with E-state index in [0.29, 0.717) is 39.6 Å². The predicted octanol–water partition coefficient (Wildman–Crippen LogP) is 4.47. The van der Waals surface area contributed by atoms with E-state index in [1.807, 2.05) is 6.92 Å². The van der Waals surface area contributed by atoms with Crippen molar-refractivity contribution in [2.75, 3.05) is 18.7 Å². The van der Waals surface area contributed by atoms with E-state index < -0.39 is 5.25 Å². The van der Waals surface area contributed by atoms with Gasteiger partial charge in [0.25, 0.3) is 0 Å². The van der Waals surface area contributed by atoms with E-state index in [-0.39, 0.29) is 37.4 Å². The third-order valence-corrected chi connectivity index (χ3v) is 5.84. The van der Waals surface area contributed by atoms with Crippen LogP contribution in [0.1, 0.15) is 13.3 Å². The number of halogens is 2. The molecule has 0 aliphatic carbocycles. The zero-order valence-corrected chi connectivity index (χ0v) is 18.4. The van der Waals surface area contributed by atoms with E-state index in [4.69, 9.17) is 21.1 Å². The molecule has 0 radical (unpaired) electrons. The first-order valence-corrected chi connectivity index (χ1v) is 10.3. The van der Waals surface area contributed by atoms with Crippen molar-refractivity contribution in [3.63, 3.8) is 0 Å². The van der Waals surface area contributed by atoms with Gasteiger partial charge in [0, 0.05) is 29.7 Å². The molecule has 0 spiro atoms. The molecule has 2 amide bonds. The lowest BCUT2D eigenvalue weighted by molar-refractivity contribution is -0.129. The number of benzene rings is 2. The molecule has 0 bridgehead atoms. The van der Waals surface area contributed by atoms with Gasteiger partial charge in [0.1, 0.15) is 5.25 Å². The van der Waals surface area contributed by atoms with Crippen molar-refractivity contribution >= 4 is 64.1 Å². The molecule has 1 saturated heterocycles. The zero-order chi connectivity index (χ0) is 20.4. The number of amides is 2. The van der Waals surface area contributed by atoms with Gasteiger partial charge in [-0.1, -0.05) is 29.4 Å². The Balaban J connectivity index is 0.00000256. The molecule has 2 aliphatic heterocycles. The van der Waals surface area contributed by atoms with Gasteiger partial charge in [0.05, 0.1) is 5.69 Å². The fourth-order valence-electron chi connectivity index (χ4n) is 3.01. The van der Waals surface area contributed by atoms with E-state index >= 15 is 0 Å². The van der Waals surface area contributed by atoms with Gasteiger partial charge in [-0.2, -0.15) is 0 Å². The number of thioether (sulfide) groups is 1. The van der Waals surface area contributed by atoms with Crippen LogP contribution in [0.3, 0.4) is 0 Å². The number of rotatable bonds is 4. The second kappa shape index (κ2) is 9.59. The SMILES string of the molecule is CCN1C(=O)CC(C(=O)Nc2cccc(Cl)c2)SC1=Nc1ccc2c(c1)OCO2.Cl. The molecule has 1 fully saturated rings. The van der Waals surface area contributed by atoms with Gasteiger partial charge in [-0.15, -0.1) is 12.4 Å². The lowest BCUT2D eigenvalue weighted by atomic mass is 10.2. The van der Waals surface area contributed by atoms with Crippen molar-refractivity contribution < 1.29 is 19.1 Å². The summed E-state index contributed by atoms with van der Waals surface area (Å²) in [7, 11) is 0. The predicted molar refractivity (Wildman–Crippen MR) is 120 cm³/mol. The van der Waals surface area contributed by atoms with Crippen LogP contribution in [0.4, 0.5) is 11.4 Å². The fourth-order valence-corrected chi connectivity index (χ4v) is 4.36. The summed E-state index contributed by atoms with van der Waals surface area (Å²) in [6.45, 7) is 2.52. The Morgan fingerprint density at radius 2 is 2.07 bits per heavy atom. The molecule has 0 saturated carbocycles. The van der Waals surface area contributed by atoms with Crippen LogP contribution < -0.4 is 14.8 Å². The van der Waals surface area contributed by atoms with E-state index in [0.717, 1.165) is 0 Å². The van der Waals surface area contributed by atoms with Crippen LogP contribution in [0, 0.1) is 0 Å². The first-order valence-electron chi connectivity index (χ1n) is 9.05. The Morgan fingerprint density at radius 3 is 2.83 bits per heavy atom. The molecular formula is C20H19Cl2N3O4S. The maximum Gasteiger partial charge on any atom is 0.238 e. The maximum absolute atomic E-state index is 12.7. The van der Waals surface area contributed by atoms with Crippen LogP contribution in [0.15, 0.2) is 47.5 Å². The molecule has 7 nitrogen and oxygen atoms in total. The smallest absolute Gasteiger partial charge is 0.238 e. The van der Waals surface area contributed by atoms with E-state index in [1.54, 1.807) is 47.4 Å². The van der Waals surface area contributed by atoms with Crippen LogP contribution >= 0.6 is 35.8 Å². The Hall–Kier alpha value is -2.42. The number of nitrogens with zero attached hydrogens (tertiary/aromatic N) is 2. The molecule has 2 aromatic carbocycles. The first kappa shape index (κ1) is 22.3. The number of fused-ring (bicyclic) bond motifs is 1. The van der Waals surface area contributed by atoms with Crippen LogP contribution in [0.25, 0.3) is 0 Å². The summed E-state index contributed by atoms with van der Waals surface area (Å²) < 4.78 is 10.7. The highest BCUT2D eigenvalue weighted by atomic mass is 35.5. The van der Waals surface area contributed by atoms with Crippen LogP contribution in [0.5, 0.6) is 11.5 Å². The fraction of sp³-hybridized carbons (Fsp3) is 0.250. The van der Waals surface area contributed by atoms with Crippen LogP contribution in [-0.2, 0) is 9.59 Å². The summed E-state index contributed by atoms with van der Waals surface area (Å²) in [6.07, 6.45) is 0.102. The Bertz CT molecular complexity index is 1000. The summed E-state index contributed by atoms with van der Waals surface area (Å²) in [6, 6.07) is 12.2.